The lowest BCUT2D eigenvalue weighted by atomic mass is 10.2. The summed E-state index contributed by atoms with van der Waals surface area (Å²) in [7, 11) is 0. The van der Waals surface area contributed by atoms with Gasteiger partial charge < -0.3 is 9.47 Å². The zero-order valence-corrected chi connectivity index (χ0v) is 10.3. The van der Waals surface area contributed by atoms with E-state index in [1.807, 2.05) is 19.9 Å². The van der Waals surface area contributed by atoms with Crippen molar-refractivity contribution >= 4 is 23.2 Å². The molecule has 0 aliphatic carbocycles. The van der Waals surface area contributed by atoms with Crippen molar-refractivity contribution in [2.24, 2.45) is 0 Å². The van der Waals surface area contributed by atoms with Crippen LogP contribution in [0.1, 0.15) is 25.7 Å². The number of halogens is 2. The Morgan fingerprint density at radius 2 is 1.67 bits per heavy atom. The van der Waals surface area contributed by atoms with E-state index in [2.05, 4.69) is 0 Å². The molecule has 0 radical (unpaired) electrons. The van der Waals surface area contributed by atoms with Crippen molar-refractivity contribution in [3.05, 3.63) is 33.8 Å². The molecule has 0 bridgehead atoms. The highest BCUT2D eigenvalue weighted by Crippen LogP contribution is 2.27. The Morgan fingerprint density at radius 3 is 2.13 bits per heavy atom. The highest BCUT2D eigenvalue weighted by Gasteiger charge is 2.12. The molecule has 0 spiro atoms. The van der Waals surface area contributed by atoms with Crippen LogP contribution in [0.5, 0.6) is 0 Å². The zero-order valence-electron chi connectivity index (χ0n) is 8.80. The third-order valence-electron chi connectivity index (χ3n) is 1.85. The summed E-state index contributed by atoms with van der Waals surface area (Å²) in [6.45, 7) is 5.02. The molecule has 0 aliphatic rings. The molecular formula is C11H14Cl2O2. The number of rotatable bonds is 5. The third-order valence-corrected chi connectivity index (χ3v) is 2.59. The van der Waals surface area contributed by atoms with Crippen molar-refractivity contribution in [3.8, 4) is 0 Å². The highest BCUT2D eigenvalue weighted by atomic mass is 35.5. The van der Waals surface area contributed by atoms with Gasteiger partial charge in [0.05, 0.1) is 10.0 Å². The topological polar surface area (TPSA) is 18.5 Å². The first-order chi connectivity index (χ1) is 7.19. The van der Waals surface area contributed by atoms with E-state index < -0.39 is 0 Å². The van der Waals surface area contributed by atoms with Crippen LogP contribution in [0.2, 0.25) is 10.0 Å². The number of hydrogen-bond acceptors (Lipinski definition) is 2. The van der Waals surface area contributed by atoms with Gasteiger partial charge in [0.15, 0.2) is 6.29 Å². The molecule has 0 N–H and O–H groups in total. The molecule has 0 saturated heterocycles. The molecule has 4 heteroatoms. The summed E-state index contributed by atoms with van der Waals surface area (Å²) >= 11 is 11.7. The summed E-state index contributed by atoms with van der Waals surface area (Å²) in [6, 6.07) is 5.36. The summed E-state index contributed by atoms with van der Waals surface area (Å²) in [4.78, 5) is 0. The second kappa shape index (κ2) is 6.33. The Hall–Kier alpha value is -0.280. The fraction of sp³-hybridized carbons (Fsp3) is 0.455. The van der Waals surface area contributed by atoms with Crippen molar-refractivity contribution < 1.29 is 9.47 Å². The fourth-order valence-electron chi connectivity index (χ4n) is 1.20. The lowest BCUT2D eigenvalue weighted by molar-refractivity contribution is -0.140. The van der Waals surface area contributed by atoms with Gasteiger partial charge in [0.25, 0.3) is 0 Å². The van der Waals surface area contributed by atoms with Crippen LogP contribution in [0.4, 0.5) is 0 Å². The van der Waals surface area contributed by atoms with Crippen molar-refractivity contribution in [1.82, 2.24) is 0 Å². The largest absolute Gasteiger partial charge is 0.349 e. The average molecular weight is 249 g/mol. The van der Waals surface area contributed by atoms with Crippen molar-refractivity contribution in [3.63, 3.8) is 0 Å². The summed E-state index contributed by atoms with van der Waals surface area (Å²) in [6.07, 6.45) is -0.366. The number of hydrogen-bond donors (Lipinski definition) is 0. The molecule has 15 heavy (non-hydrogen) atoms. The molecular weight excluding hydrogens is 235 g/mol. The minimum Gasteiger partial charge on any atom is -0.349 e. The van der Waals surface area contributed by atoms with Gasteiger partial charge in [0, 0.05) is 18.8 Å². The molecule has 1 aromatic carbocycles. The molecule has 0 amide bonds. The summed E-state index contributed by atoms with van der Waals surface area (Å²) < 4.78 is 10.9. The maximum absolute atomic E-state index is 5.92. The van der Waals surface area contributed by atoms with Crippen LogP contribution in [0, 0.1) is 0 Å². The molecule has 0 saturated carbocycles. The smallest absolute Gasteiger partial charge is 0.183 e. The number of ether oxygens (including phenoxy) is 2. The predicted octanol–water partition coefficient (Wildman–Crippen LogP) is 4.07. The van der Waals surface area contributed by atoms with Crippen LogP contribution in [0.15, 0.2) is 18.2 Å². The minimum absolute atomic E-state index is 0.366. The van der Waals surface area contributed by atoms with Gasteiger partial charge >= 0.3 is 0 Å². The van der Waals surface area contributed by atoms with E-state index in [0.717, 1.165) is 5.56 Å². The zero-order chi connectivity index (χ0) is 11.3. The highest BCUT2D eigenvalue weighted by molar-refractivity contribution is 6.42. The summed E-state index contributed by atoms with van der Waals surface area (Å²) in [5.74, 6) is 0. The van der Waals surface area contributed by atoms with E-state index in [0.29, 0.717) is 23.3 Å². The maximum atomic E-state index is 5.92. The van der Waals surface area contributed by atoms with Gasteiger partial charge in [-0.2, -0.15) is 0 Å². The van der Waals surface area contributed by atoms with Crippen LogP contribution < -0.4 is 0 Å². The molecule has 1 rings (SSSR count). The van der Waals surface area contributed by atoms with E-state index >= 15 is 0 Å². The first-order valence-electron chi connectivity index (χ1n) is 4.87. The average Bonchev–Trinajstić information content (AvgIpc) is 2.22. The van der Waals surface area contributed by atoms with Crippen LogP contribution in [-0.4, -0.2) is 13.2 Å². The second-order valence-electron chi connectivity index (χ2n) is 2.92. The molecule has 84 valence electrons. The summed E-state index contributed by atoms with van der Waals surface area (Å²) in [5.41, 5.74) is 0.883. The first kappa shape index (κ1) is 12.8. The van der Waals surface area contributed by atoms with Crippen molar-refractivity contribution in [2.75, 3.05) is 13.2 Å². The van der Waals surface area contributed by atoms with Crippen LogP contribution in [-0.2, 0) is 9.47 Å². The van der Waals surface area contributed by atoms with Crippen LogP contribution in [0.3, 0.4) is 0 Å². The Kier molecular flexibility index (Phi) is 5.40. The van der Waals surface area contributed by atoms with Gasteiger partial charge in [-0.25, -0.2) is 0 Å². The molecule has 0 aromatic heterocycles. The third kappa shape index (κ3) is 3.65. The van der Waals surface area contributed by atoms with Gasteiger partial charge in [-0.15, -0.1) is 0 Å². The lowest BCUT2D eigenvalue weighted by Gasteiger charge is -2.17. The Morgan fingerprint density at radius 1 is 1.07 bits per heavy atom. The standard InChI is InChI=1S/C11H14Cl2O2/c1-3-14-11(15-4-2)8-5-6-9(12)10(13)7-8/h5-7,11H,3-4H2,1-2H3. The maximum Gasteiger partial charge on any atom is 0.183 e. The number of benzene rings is 1. The Bertz CT molecular complexity index is 309. The molecule has 0 unspecified atom stereocenters. The van der Waals surface area contributed by atoms with E-state index in [1.165, 1.54) is 0 Å². The van der Waals surface area contributed by atoms with Crippen molar-refractivity contribution in [1.29, 1.82) is 0 Å². The first-order valence-corrected chi connectivity index (χ1v) is 5.62. The van der Waals surface area contributed by atoms with Crippen LogP contribution in [0.25, 0.3) is 0 Å². The SMILES string of the molecule is CCOC(OCC)c1ccc(Cl)c(Cl)c1. The van der Waals surface area contributed by atoms with Crippen molar-refractivity contribution in [2.45, 2.75) is 20.1 Å². The monoisotopic (exact) mass is 248 g/mol. The quantitative estimate of drug-likeness (QED) is 0.732. The van der Waals surface area contributed by atoms with E-state index in [1.54, 1.807) is 12.1 Å². The van der Waals surface area contributed by atoms with E-state index in [-0.39, 0.29) is 6.29 Å². The van der Waals surface area contributed by atoms with Crippen LogP contribution >= 0.6 is 23.2 Å². The summed E-state index contributed by atoms with van der Waals surface area (Å²) in [5, 5.41) is 1.05. The minimum atomic E-state index is -0.366. The normalized spacial score (nSPS) is 11.0. The molecule has 0 aliphatic heterocycles. The van der Waals surface area contributed by atoms with Gasteiger partial charge in [0.2, 0.25) is 0 Å². The Labute approximate surface area is 100 Å². The fourth-order valence-corrected chi connectivity index (χ4v) is 1.51. The lowest BCUT2D eigenvalue weighted by Crippen LogP contribution is -2.08. The van der Waals surface area contributed by atoms with Gasteiger partial charge in [0.1, 0.15) is 0 Å². The second-order valence-corrected chi connectivity index (χ2v) is 3.73. The van der Waals surface area contributed by atoms with Gasteiger partial charge in [-0.3, -0.25) is 0 Å². The Balaban J connectivity index is 2.85. The molecule has 1 aromatic rings. The molecule has 0 atom stereocenters. The van der Waals surface area contributed by atoms with Gasteiger partial charge in [-0.1, -0.05) is 29.3 Å². The molecule has 0 fully saturated rings. The van der Waals surface area contributed by atoms with E-state index in [9.17, 15) is 0 Å². The predicted molar refractivity (Wildman–Crippen MR) is 62.5 cm³/mol. The van der Waals surface area contributed by atoms with Gasteiger partial charge in [-0.05, 0) is 26.0 Å². The molecule has 0 heterocycles. The molecule has 2 nitrogen and oxygen atoms in total. The van der Waals surface area contributed by atoms with E-state index in [4.69, 9.17) is 32.7 Å².